The maximum atomic E-state index is 11.1. The number of ether oxygens (including phenoxy) is 1. The Hall–Kier alpha value is -1.60. The molecule has 0 heterocycles. The Morgan fingerprint density at radius 3 is 2.61 bits per heavy atom. The van der Waals surface area contributed by atoms with E-state index in [1.165, 1.54) is 19.2 Å². The fourth-order valence-electron chi connectivity index (χ4n) is 1.44. The van der Waals surface area contributed by atoms with Gasteiger partial charge in [0.05, 0.1) is 13.5 Å². The van der Waals surface area contributed by atoms with E-state index in [1.54, 1.807) is 0 Å². The smallest absolute Gasteiger partial charge is 0.339 e. The van der Waals surface area contributed by atoms with E-state index in [-0.39, 0.29) is 17.5 Å². The maximum absolute atomic E-state index is 11.1. The van der Waals surface area contributed by atoms with Crippen LogP contribution >= 0.6 is 15.9 Å². The van der Waals surface area contributed by atoms with Gasteiger partial charge in [-0.15, -0.1) is 0 Å². The summed E-state index contributed by atoms with van der Waals surface area (Å²) in [5.41, 5.74) is 5.63. The van der Waals surface area contributed by atoms with Gasteiger partial charge in [-0.1, -0.05) is 15.9 Å². The van der Waals surface area contributed by atoms with Crippen molar-refractivity contribution < 1.29 is 24.5 Å². The number of hydrogen-bond acceptors (Lipinski definition) is 5. The monoisotopic (exact) mass is 317 g/mol. The standard InChI is InChI=1S/C11H12BrNO5/c1-18-9(14)4-8(13)6-2-5(12)3-7(10(6)15)11(16)17/h2-3,8,15H,4,13H2,1H3,(H,16,17)/t8-/m0/s1. The van der Waals surface area contributed by atoms with Crippen molar-refractivity contribution in [2.75, 3.05) is 7.11 Å². The first-order valence-electron chi connectivity index (χ1n) is 4.95. The van der Waals surface area contributed by atoms with E-state index in [0.29, 0.717) is 4.47 Å². The number of carboxylic acids is 1. The molecule has 0 bridgehead atoms. The van der Waals surface area contributed by atoms with Crippen LogP contribution in [0.2, 0.25) is 0 Å². The molecule has 1 aromatic rings. The van der Waals surface area contributed by atoms with Crippen LogP contribution in [-0.4, -0.2) is 29.3 Å². The van der Waals surface area contributed by atoms with E-state index >= 15 is 0 Å². The van der Waals surface area contributed by atoms with Gasteiger partial charge in [-0.05, 0) is 12.1 Å². The summed E-state index contributed by atoms with van der Waals surface area (Å²) in [4.78, 5) is 22.0. The number of benzene rings is 1. The molecule has 1 rings (SSSR count). The average molecular weight is 318 g/mol. The van der Waals surface area contributed by atoms with Gasteiger partial charge in [-0.25, -0.2) is 4.79 Å². The summed E-state index contributed by atoms with van der Waals surface area (Å²) < 4.78 is 4.91. The van der Waals surface area contributed by atoms with Crippen LogP contribution in [0.1, 0.15) is 28.4 Å². The Morgan fingerprint density at radius 1 is 1.50 bits per heavy atom. The summed E-state index contributed by atoms with van der Waals surface area (Å²) in [6.07, 6.45) is -0.153. The minimum atomic E-state index is -1.28. The summed E-state index contributed by atoms with van der Waals surface area (Å²) in [5, 5.41) is 18.7. The van der Waals surface area contributed by atoms with Crippen LogP contribution in [0.25, 0.3) is 0 Å². The van der Waals surface area contributed by atoms with Crippen LogP contribution in [-0.2, 0) is 9.53 Å². The molecule has 0 unspecified atom stereocenters. The number of carbonyl (C=O) groups excluding carboxylic acids is 1. The second-order valence-corrected chi connectivity index (χ2v) is 4.50. The molecular weight excluding hydrogens is 306 g/mol. The fourth-order valence-corrected chi connectivity index (χ4v) is 1.91. The number of halogens is 1. The fraction of sp³-hybridized carbons (Fsp3) is 0.273. The molecule has 1 aromatic carbocycles. The van der Waals surface area contributed by atoms with Crippen molar-refractivity contribution in [3.63, 3.8) is 0 Å². The predicted molar refractivity (Wildman–Crippen MR) is 66.3 cm³/mol. The second kappa shape index (κ2) is 5.83. The highest BCUT2D eigenvalue weighted by atomic mass is 79.9. The number of rotatable bonds is 4. The highest BCUT2D eigenvalue weighted by molar-refractivity contribution is 9.10. The molecule has 0 amide bonds. The van der Waals surface area contributed by atoms with E-state index < -0.39 is 23.7 Å². The van der Waals surface area contributed by atoms with E-state index in [1.807, 2.05) is 0 Å². The van der Waals surface area contributed by atoms with Gasteiger partial charge >= 0.3 is 11.9 Å². The predicted octanol–water partition coefficient (Wildman–Crippen LogP) is 1.42. The van der Waals surface area contributed by atoms with Gasteiger partial charge in [-0.2, -0.15) is 0 Å². The van der Waals surface area contributed by atoms with Crippen molar-refractivity contribution >= 4 is 27.9 Å². The largest absolute Gasteiger partial charge is 0.507 e. The minimum absolute atomic E-state index is 0.153. The number of carbonyl (C=O) groups is 2. The molecule has 0 aliphatic rings. The van der Waals surface area contributed by atoms with Crippen LogP contribution in [0.4, 0.5) is 0 Å². The lowest BCUT2D eigenvalue weighted by atomic mass is 10.0. The second-order valence-electron chi connectivity index (χ2n) is 3.58. The number of nitrogens with two attached hydrogens (primary N) is 1. The van der Waals surface area contributed by atoms with Gasteiger partial charge in [-0.3, -0.25) is 4.79 Å². The molecule has 0 saturated carbocycles. The number of hydrogen-bond donors (Lipinski definition) is 3. The van der Waals surface area contributed by atoms with Crippen LogP contribution in [0.3, 0.4) is 0 Å². The first-order chi connectivity index (χ1) is 8.36. The summed E-state index contributed by atoms with van der Waals surface area (Å²) >= 11 is 3.12. The van der Waals surface area contributed by atoms with Crippen LogP contribution in [0, 0.1) is 0 Å². The number of phenols is 1. The molecule has 0 aromatic heterocycles. The Morgan fingerprint density at radius 2 is 2.11 bits per heavy atom. The lowest BCUT2D eigenvalue weighted by Crippen LogP contribution is -2.17. The third-order valence-electron chi connectivity index (χ3n) is 2.35. The molecule has 4 N–H and O–H groups in total. The quantitative estimate of drug-likeness (QED) is 0.724. The van der Waals surface area contributed by atoms with Gasteiger partial charge in [0, 0.05) is 16.1 Å². The molecule has 7 heteroatoms. The highest BCUT2D eigenvalue weighted by Crippen LogP contribution is 2.32. The van der Waals surface area contributed by atoms with Crippen molar-refractivity contribution in [1.29, 1.82) is 0 Å². The Bertz CT molecular complexity index is 489. The molecule has 0 radical (unpaired) electrons. The minimum Gasteiger partial charge on any atom is -0.507 e. The first-order valence-corrected chi connectivity index (χ1v) is 5.74. The summed E-state index contributed by atoms with van der Waals surface area (Å²) in [6.45, 7) is 0. The van der Waals surface area contributed by atoms with E-state index in [2.05, 4.69) is 20.7 Å². The average Bonchev–Trinajstić information content (AvgIpc) is 2.30. The topological polar surface area (TPSA) is 110 Å². The number of methoxy groups -OCH3 is 1. The van der Waals surface area contributed by atoms with Gasteiger partial charge in [0.2, 0.25) is 0 Å². The zero-order chi connectivity index (χ0) is 13.9. The molecule has 98 valence electrons. The summed E-state index contributed by atoms with van der Waals surface area (Å²) in [6, 6.07) is 1.88. The van der Waals surface area contributed by atoms with E-state index in [0.717, 1.165) is 0 Å². The zero-order valence-electron chi connectivity index (χ0n) is 9.51. The lowest BCUT2D eigenvalue weighted by Gasteiger charge is -2.14. The first kappa shape index (κ1) is 14.5. The van der Waals surface area contributed by atoms with Crippen molar-refractivity contribution in [2.24, 2.45) is 5.73 Å². The van der Waals surface area contributed by atoms with E-state index in [4.69, 9.17) is 10.8 Å². The summed E-state index contributed by atoms with van der Waals surface area (Å²) in [7, 11) is 1.22. The molecule has 0 spiro atoms. The van der Waals surface area contributed by atoms with Crippen LogP contribution in [0.15, 0.2) is 16.6 Å². The summed E-state index contributed by atoms with van der Waals surface area (Å²) in [5.74, 6) is -2.26. The lowest BCUT2D eigenvalue weighted by molar-refractivity contribution is -0.141. The van der Waals surface area contributed by atoms with Crippen LogP contribution in [0.5, 0.6) is 5.75 Å². The van der Waals surface area contributed by atoms with Crippen LogP contribution < -0.4 is 5.73 Å². The SMILES string of the molecule is COC(=O)C[C@H](N)c1cc(Br)cc(C(=O)O)c1O. The van der Waals surface area contributed by atoms with Gasteiger partial charge in [0.1, 0.15) is 11.3 Å². The molecule has 0 fully saturated rings. The normalized spacial score (nSPS) is 11.9. The molecule has 0 aliphatic carbocycles. The number of esters is 1. The van der Waals surface area contributed by atoms with Crippen molar-refractivity contribution in [2.45, 2.75) is 12.5 Å². The zero-order valence-corrected chi connectivity index (χ0v) is 11.1. The third kappa shape index (κ3) is 3.21. The van der Waals surface area contributed by atoms with Gasteiger partial charge in [0.25, 0.3) is 0 Å². The highest BCUT2D eigenvalue weighted by Gasteiger charge is 2.21. The van der Waals surface area contributed by atoms with Crippen molar-refractivity contribution in [1.82, 2.24) is 0 Å². The maximum Gasteiger partial charge on any atom is 0.339 e. The molecule has 6 nitrogen and oxygen atoms in total. The number of aromatic carboxylic acids is 1. The number of carboxylic acid groups (broad SMARTS) is 1. The molecule has 18 heavy (non-hydrogen) atoms. The van der Waals surface area contributed by atoms with Crippen molar-refractivity contribution in [3.05, 3.63) is 27.7 Å². The molecule has 0 saturated heterocycles. The molecule has 1 atom stereocenters. The Balaban J connectivity index is 3.16. The van der Waals surface area contributed by atoms with Gasteiger partial charge in [0.15, 0.2) is 0 Å². The third-order valence-corrected chi connectivity index (χ3v) is 2.81. The molecule has 0 aliphatic heterocycles. The Labute approximate surface area is 111 Å². The van der Waals surface area contributed by atoms with Crippen molar-refractivity contribution in [3.8, 4) is 5.75 Å². The van der Waals surface area contributed by atoms with E-state index in [9.17, 15) is 14.7 Å². The Kier molecular flexibility index (Phi) is 4.69. The van der Waals surface area contributed by atoms with Gasteiger partial charge < -0.3 is 20.7 Å². The number of aromatic hydroxyl groups is 1. The molecular formula is C11H12BrNO5.